The van der Waals surface area contributed by atoms with Gasteiger partial charge in [0, 0.05) is 6.20 Å². The maximum Gasteiger partial charge on any atom is 0.242 e. The Bertz CT molecular complexity index is 572. The number of rotatable bonds is 5. The summed E-state index contributed by atoms with van der Waals surface area (Å²) in [4.78, 5) is 15.8. The highest BCUT2D eigenvalue weighted by Crippen LogP contribution is 2.18. The van der Waals surface area contributed by atoms with Crippen LogP contribution in [0.4, 0.5) is 5.82 Å². The maximum atomic E-state index is 11.9. The molecule has 1 aromatic carbocycles. The second-order valence-corrected chi connectivity index (χ2v) is 4.49. The third-order valence-electron chi connectivity index (χ3n) is 2.95. The van der Waals surface area contributed by atoms with E-state index in [1.54, 1.807) is 6.07 Å². The molecule has 0 aliphatic rings. The van der Waals surface area contributed by atoms with Crippen molar-refractivity contribution in [1.82, 2.24) is 4.98 Å². The van der Waals surface area contributed by atoms with Crippen molar-refractivity contribution in [2.24, 2.45) is 5.73 Å². The van der Waals surface area contributed by atoms with Gasteiger partial charge in [0.1, 0.15) is 0 Å². The van der Waals surface area contributed by atoms with Crippen molar-refractivity contribution in [3.8, 4) is 5.75 Å². The minimum absolute atomic E-state index is 0.0730. The molecule has 1 atom stereocenters. The standard InChI is InChI=1S/C15H17N3O2/c16-12(9-8-11-5-2-1-3-6-11)15(20)18-14-13(19)7-4-10-17-14/h1-7,10,12,19H,8-9,16H2,(H,17,18,20). The van der Waals surface area contributed by atoms with Crippen LogP contribution in [-0.4, -0.2) is 22.0 Å². The molecule has 0 saturated carbocycles. The summed E-state index contributed by atoms with van der Waals surface area (Å²) >= 11 is 0. The number of aryl methyl sites for hydroxylation is 1. The van der Waals surface area contributed by atoms with Crippen LogP contribution < -0.4 is 11.1 Å². The van der Waals surface area contributed by atoms with Gasteiger partial charge in [-0.1, -0.05) is 30.3 Å². The number of hydrogen-bond acceptors (Lipinski definition) is 4. The van der Waals surface area contributed by atoms with Gasteiger partial charge in [-0.15, -0.1) is 0 Å². The number of hydrogen-bond donors (Lipinski definition) is 3. The fourth-order valence-corrected chi connectivity index (χ4v) is 1.80. The first-order chi connectivity index (χ1) is 9.66. The first kappa shape index (κ1) is 14.0. The van der Waals surface area contributed by atoms with Gasteiger partial charge in [-0.25, -0.2) is 4.98 Å². The summed E-state index contributed by atoms with van der Waals surface area (Å²) in [6, 6.07) is 12.2. The zero-order chi connectivity index (χ0) is 14.4. The topological polar surface area (TPSA) is 88.2 Å². The molecular weight excluding hydrogens is 254 g/mol. The predicted octanol–water partition coefficient (Wildman–Crippen LogP) is 1.69. The van der Waals surface area contributed by atoms with Crippen LogP contribution >= 0.6 is 0 Å². The molecule has 0 aliphatic heterocycles. The van der Waals surface area contributed by atoms with Crippen molar-refractivity contribution in [3.05, 3.63) is 54.2 Å². The molecule has 1 heterocycles. The highest BCUT2D eigenvalue weighted by atomic mass is 16.3. The Hall–Kier alpha value is -2.40. The van der Waals surface area contributed by atoms with Gasteiger partial charge in [0.2, 0.25) is 5.91 Å². The molecule has 2 aromatic rings. The summed E-state index contributed by atoms with van der Waals surface area (Å²) in [7, 11) is 0. The highest BCUT2D eigenvalue weighted by Gasteiger charge is 2.15. The maximum absolute atomic E-state index is 11.9. The predicted molar refractivity (Wildman–Crippen MR) is 77.3 cm³/mol. The lowest BCUT2D eigenvalue weighted by atomic mass is 10.1. The molecular formula is C15H17N3O2. The summed E-state index contributed by atoms with van der Waals surface area (Å²) in [5.74, 6) is -0.293. The SMILES string of the molecule is NC(CCc1ccccc1)C(=O)Nc1ncccc1O. The number of nitrogens with zero attached hydrogens (tertiary/aromatic N) is 1. The molecule has 0 radical (unpaired) electrons. The molecule has 2 rings (SSSR count). The molecule has 5 nitrogen and oxygen atoms in total. The summed E-state index contributed by atoms with van der Waals surface area (Å²) < 4.78 is 0. The van der Waals surface area contributed by atoms with Gasteiger partial charge in [0.05, 0.1) is 6.04 Å². The molecule has 4 N–H and O–H groups in total. The minimum Gasteiger partial charge on any atom is -0.504 e. The van der Waals surface area contributed by atoms with E-state index in [-0.39, 0.29) is 17.5 Å². The number of amides is 1. The molecule has 0 fully saturated rings. The number of nitrogens with two attached hydrogens (primary N) is 1. The van der Waals surface area contributed by atoms with Crippen molar-refractivity contribution >= 4 is 11.7 Å². The van der Waals surface area contributed by atoms with Gasteiger partial charge in [0.25, 0.3) is 0 Å². The molecule has 104 valence electrons. The number of carbonyl (C=O) groups excluding carboxylic acids is 1. The molecule has 0 saturated heterocycles. The van der Waals surface area contributed by atoms with E-state index in [1.807, 2.05) is 30.3 Å². The summed E-state index contributed by atoms with van der Waals surface area (Å²) in [5.41, 5.74) is 6.98. The first-order valence-electron chi connectivity index (χ1n) is 6.41. The Labute approximate surface area is 117 Å². The molecule has 1 aromatic heterocycles. The van der Waals surface area contributed by atoms with Crippen molar-refractivity contribution < 1.29 is 9.90 Å². The number of carbonyl (C=O) groups is 1. The second-order valence-electron chi connectivity index (χ2n) is 4.49. The Balaban J connectivity index is 1.88. The van der Waals surface area contributed by atoms with Gasteiger partial charge in [0.15, 0.2) is 11.6 Å². The monoisotopic (exact) mass is 271 g/mol. The van der Waals surface area contributed by atoms with Crippen LogP contribution in [0.3, 0.4) is 0 Å². The van der Waals surface area contributed by atoms with Crippen LogP contribution in [0.5, 0.6) is 5.75 Å². The largest absolute Gasteiger partial charge is 0.504 e. The van der Waals surface area contributed by atoms with Gasteiger partial charge < -0.3 is 16.2 Å². The van der Waals surface area contributed by atoms with E-state index in [0.717, 1.165) is 12.0 Å². The van der Waals surface area contributed by atoms with Crippen molar-refractivity contribution in [3.63, 3.8) is 0 Å². The lowest BCUT2D eigenvalue weighted by Crippen LogP contribution is -2.36. The number of pyridine rings is 1. The lowest BCUT2D eigenvalue weighted by Gasteiger charge is -2.12. The quantitative estimate of drug-likeness (QED) is 0.772. The molecule has 1 amide bonds. The summed E-state index contributed by atoms with van der Waals surface area (Å²) in [6.07, 6.45) is 2.75. The molecule has 0 bridgehead atoms. The summed E-state index contributed by atoms with van der Waals surface area (Å²) in [6.45, 7) is 0. The fraction of sp³-hybridized carbons (Fsp3) is 0.200. The van der Waals surface area contributed by atoms with E-state index < -0.39 is 6.04 Å². The minimum atomic E-state index is -0.642. The number of aromatic hydroxyl groups is 1. The number of aromatic nitrogens is 1. The third kappa shape index (κ3) is 3.80. The molecule has 0 aliphatic carbocycles. The van der Waals surface area contributed by atoms with Crippen molar-refractivity contribution in [1.29, 1.82) is 0 Å². The molecule has 20 heavy (non-hydrogen) atoms. The molecule has 1 unspecified atom stereocenters. The van der Waals surface area contributed by atoms with E-state index >= 15 is 0 Å². The van der Waals surface area contributed by atoms with Crippen LogP contribution in [0.1, 0.15) is 12.0 Å². The average molecular weight is 271 g/mol. The average Bonchev–Trinajstić information content (AvgIpc) is 2.48. The van der Waals surface area contributed by atoms with Crippen molar-refractivity contribution in [2.75, 3.05) is 5.32 Å². The van der Waals surface area contributed by atoms with Gasteiger partial charge in [-0.3, -0.25) is 4.79 Å². The lowest BCUT2D eigenvalue weighted by molar-refractivity contribution is -0.117. The van der Waals surface area contributed by atoms with Crippen molar-refractivity contribution in [2.45, 2.75) is 18.9 Å². The van der Waals surface area contributed by atoms with E-state index in [2.05, 4.69) is 10.3 Å². The number of benzene rings is 1. The number of nitrogens with one attached hydrogen (secondary N) is 1. The van der Waals surface area contributed by atoms with Crippen LogP contribution in [0, 0.1) is 0 Å². The zero-order valence-electron chi connectivity index (χ0n) is 11.0. The van der Waals surface area contributed by atoms with E-state index in [4.69, 9.17) is 5.73 Å². The van der Waals surface area contributed by atoms with E-state index in [1.165, 1.54) is 12.3 Å². The smallest absolute Gasteiger partial charge is 0.242 e. The highest BCUT2D eigenvalue weighted by molar-refractivity contribution is 5.94. The fourth-order valence-electron chi connectivity index (χ4n) is 1.80. The Morgan fingerprint density at radius 1 is 1.25 bits per heavy atom. The Morgan fingerprint density at radius 3 is 2.70 bits per heavy atom. The zero-order valence-corrected chi connectivity index (χ0v) is 11.0. The summed E-state index contributed by atoms with van der Waals surface area (Å²) in [5, 5.41) is 12.1. The number of anilines is 1. The van der Waals surface area contributed by atoms with Crippen LogP contribution in [-0.2, 0) is 11.2 Å². The van der Waals surface area contributed by atoms with E-state index in [9.17, 15) is 9.90 Å². The van der Waals surface area contributed by atoms with E-state index in [0.29, 0.717) is 6.42 Å². The van der Waals surface area contributed by atoms with Crippen LogP contribution in [0.25, 0.3) is 0 Å². The first-order valence-corrected chi connectivity index (χ1v) is 6.41. The molecule has 0 spiro atoms. The van der Waals surface area contributed by atoms with Gasteiger partial charge >= 0.3 is 0 Å². The Morgan fingerprint density at radius 2 is 2.00 bits per heavy atom. The van der Waals surface area contributed by atoms with Gasteiger partial charge in [-0.2, -0.15) is 0 Å². The van der Waals surface area contributed by atoms with Crippen LogP contribution in [0.15, 0.2) is 48.7 Å². The normalized spacial score (nSPS) is 11.8. The second kappa shape index (κ2) is 6.68. The molecule has 5 heteroatoms. The third-order valence-corrected chi connectivity index (χ3v) is 2.95. The van der Waals surface area contributed by atoms with Gasteiger partial charge in [-0.05, 0) is 30.5 Å². The Kier molecular flexibility index (Phi) is 4.68. The van der Waals surface area contributed by atoms with Crippen LogP contribution in [0.2, 0.25) is 0 Å².